The lowest BCUT2D eigenvalue weighted by atomic mass is 9.79. The van der Waals surface area contributed by atoms with E-state index < -0.39 is 0 Å². The van der Waals surface area contributed by atoms with E-state index >= 15 is 0 Å². The van der Waals surface area contributed by atoms with E-state index in [0.717, 1.165) is 36.6 Å². The van der Waals surface area contributed by atoms with E-state index in [2.05, 4.69) is 32.2 Å². The molecule has 3 heteroatoms. The first-order valence-corrected chi connectivity index (χ1v) is 7.47. The van der Waals surface area contributed by atoms with E-state index in [0.29, 0.717) is 6.04 Å². The molecule has 19 heavy (non-hydrogen) atoms. The van der Waals surface area contributed by atoms with Crippen molar-refractivity contribution in [3.63, 3.8) is 0 Å². The summed E-state index contributed by atoms with van der Waals surface area (Å²) >= 11 is 6.23. The normalized spacial score (nSPS) is 16.1. The fraction of sp³-hybridized carbons (Fsp3) is 0.625. The van der Waals surface area contributed by atoms with Gasteiger partial charge in [0.1, 0.15) is 5.75 Å². The molecule has 2 nitrogen and oxygen atoms in total. The Hall–Kier alpha value is -0.730. The van der Waals surface area contributed by atoms with E-state index in [1.165, 1.54) is 11.1 Å². The van der Waals surface area contributed by atoms with Crippen LogP contribution in [-0.2, 0) is 12.8 Å². The molecule has 0 saturated heterocycles. The van der Waals surface area contributed by atoms with Crippen molar-refractivity contribution in [1.29, 1.82) is 0 Å². The topological polar surface area (TPSA) is 21.3 Å². The lowest BCUT2D eigenvalue weighted by Crippen LogP contribution is -2.41. The van der Waals surface area contributed by atoms with Gasteiger partial charge in [-0.25, -0.2) is 0 Å². The maximum atomic E-state index is 6.23. The Bertz CT molecular complexity index is 456. The minimum absolute atomic E-state index is 0.253. The molecule has 1 N–H and O–H groups in total. The highest BCUT2D eigenvalue weighted by molar-refractivity contribution is 6.30. The van der Waals surface area contributed by atoms with Crippen LogP contribution in [0.1, 0.15) is 38.3 Å². The van der Waals surface area contributed by atoms with Crippen LogP contribution in [0.25, 0.3) is 0 Å². The Morgan fingerprint density at radius 1 is 1.42 bits per heavy atom. The Balaban J connectivity index is 2.28. The minimum atomic E-state index is 0.253. The third kappa shape index (κ3) is 3.06. The van der Waals surface area contributed by atoms with Crippen LogP contribution in [0.4, 0.5) is 0 Å². The lowest BCUT2D eigenvalue weighted by molar-refractivity contribution is 0.238. The summed E-state index contributed by atoms with van der Waals surface area (Å²) < 4.78 is 5.79. The molecule has 1 aromatic rings. The standard InChI is InChI=1S/C16H24ClNO/c1-5-16(2,3)14(18-4)10-12-9-13(17)8-11-6-7-19-15(11)12/h8-9,14,18H,5-7,10H2,1-4H3. The molecular weight excluding hydrogens is 258 g/mol. The van der Waals surface area contributed by atoms with E-state index in [1.807, 2.05) is 13.1 Å². The highest BCUT2D eigenvalue weighted by atomic mass is 35.5. The van der Waals surface area contributed by atoms with Crippen LogP contribution in [0.2, 0.25) is 5.02 Å². The van der Waals surface area contributed by atoms with Crippen molar-refractivity contribution in [2.24, 2.45) is 5.41 Å². The molecule has 1 unspecified atom stereocenters. The zero-order valence-electron chi connectivity index (χ0n) is 12.3. The van der Waals surface area contributed by atoms with E-state index in [4.69, 9.17) is 16.3 Å². The molecule has 1 aromatic carbocycles. The van der Waals surface area contributed by atoms with Gasteiger partial charge in [0.15, 0.2) is 0 Å². The molecule has 0 aromatic heterocycles. The van der Waals surface area contributed by atoms with Crippen LogP contribution < -0.4 is 10.1 Å². The SMILES string of the molecule is CCC(C)(C)C(Cc1cc(Cl)cc2c1OCC2)NC. The Morgan fingerprint density at radius 2 is 2.16 bits per heavy atom. The number of likely N-dealkylation sites (N-methyl/N-ethyl adjacent to an activating group) is 1. The fourth-order valence-electron chi connectivity index (χ4n) is 2.73. The first kappa shape index (κ1) is 14.7. The molecule has 1 aliphatic heterocycles. The van der Waals surface area contributed by atoms with Crippen molar-refractivity contribution in [2.45, 2.75) is 46.1 Å². The van der Waals surface area contributed by atoms with Crippen LogP contribution >= 0.6 is 11.6 Å². The monoisotopic (exact) mass is 281 g/mol. The summed E-state index contributed by atoms with van der Waals surface area (Å²) in [4.78, 5) is 0. The van der Waals surface area contributed by atoms with Gasteiger partial charge in [0.25, 0.3) is 0 Å². The largest absolute Gasteiger partial charge is 0.493 e. The summed E-state index contributed by atoms with van der Waals surface area (Å²) in [5.74, 6) is 1.07. The number of halogens is 1. The number of rotatable bonds is 5. The second-order valence-electron chi connectivity index (χ2n) is 6.04. The van der Waals surface area contributed by atoms with Crippen molar-refractivity contribution in [1.82, 2.24) is 5.32 Å². The number of nitrogens with one attached hydrogen (secondary N) is 1. The van der Waals surface area contributed by atoms with Crippen LogP contribution in [0.3, 0.4) is 0 Å². The van der Waals surface area contributed by atoms with Crippen LogP contribution in [0, 0.1) is 5.41 Å². The Labute approximate surface area is 121 Å². The van der Waals surface area contributed by atoms with Crippen LogP contribution in [-0.4, -0.2) is 19.7 Å². The maximum absolute atomic E-state index is 6.23. The molecule has 0 amide bonds. The van der Waals surface area contributed by atoms with Gasteiger partial charge in [-0.1, -0.05) is 32.4 Å². The highest BCUT2D eigenvalue weighted by Gasteiger charge is 2.28. The third-order valence-corrected chi connectivity index (χ3v) is 4.67. The Morgan fingerprint density at radius 3 is 2.79 bits per heavy atom. The molecule has 0 fully saturated rings. The number of hydrogen-bond acceptors (Lipinski definition) is 2. The predicted molar refractivity (Wildman–Crippen MR) is 81.3 cm³/mol. The molecule has 2 rings (SSSR count). The summed E-state index contributed by atoms with van der Waals surface area (Å²) in [5.41, 5.74) is 2.75. The first-order chi connectivity index (χ1) is 8.97. The molecule has 1 atom stereocenters. The van der Waals surface area contributed by atoms with Gasteiger partial charge >= 0.3 is 0 Å². The van der Waals surface area contributed by atoms with E-state index in [-0.39, 0.29) is 5.41 Å². The summed E-state index contributed by atoms with van der Waals surface area (Å²) in [6.45, 7) is 7.63. The molecule has 0 bridgehead atoms. The predicted octanol–water partition coefficient (Wildman–Crippen LogP) is 3.84. The van der Waals surface area contributed by atoms with Crippen molar-refractivity contribution < 1.29 is 4.74 Å². The first-order valence-electron chi connectivity index (χ1n) is 7.09. The molecule has 0 radical (unpaired) electrons. The summed E-state index contributed by atoms with van der Waals surface area (Å²) in [6.07, 6.45) is 3.08. The van der Waals surface area contributed by atoms with Crippen molar-refractivity contribution in [3.05, 3.63) is 28.3 Å². The lowest BCUT2D eigenvalue weighted by Gasteiger charge is -2.33. The van der Waals surface area contributed by atoms with Gasteiger partial charge in [0.05, 0.1) is 6.61 Å². The molecule has 0 aliphatic carbocycles. The average molecular weight is 282 g/mol. The summed E-state index contributed by atoms with van der Waals surface area (Å²) in [5, 5.41) is 4.28. The summed E-state index contributed by atoms with van der Waals surface area (Å²) in [7, 11) is 2.04. The van der Waals surface area contributed by atoms with Crippen molar-refractivity contribution >= 4 is 11.6 Å². The average Bonchev–Trinajstić information content (AvgIpc) is 2.83. The maximum Gasteiger partial charge on any atom is 0.125 e. The molecule has 1 aliphatic rings. The number of benzene rings is 1. The van der Waals surface area contributed by atoms with Gasteiger partial charge in [-0.15, -0.1) is 0 Å². The van der Waals surface area contributed by atoms with Gasteiger partial charge in [0, 0.05) is 17.5 Å². The number of hydrogen-bond donors (Lipinski definition) is 1. The molecule has 0 saturated carbocycles. The van der Waals surface area contributed by atoms with Gasteiger partial charge in [-0.05, 0) is 48.6 Å². The number of ether oxygens (including phenoxy) is 1. The van der Waals surface area contributed by atoms with E-state index in [9.17, 15) is 0 Å². The molecule has 1 heterocycles. The van der Waals surface area contributed by atoms with Crippen molar-refractivity contribution in [2.75, 3.05) is 13.7 Å². The van der Waals surface area contributed by atoms with Gasteiger partial charge in [0.2, 0.25) is 0 Å². The van der Waals surface area contributed by atoms with Gasteiger partial charge in [-0.3, -0.25) is 0 Å². The summed E-state index contributed by atoms with van der Waals surface area (Å²) in [6, 6.07) is 4.51. The van der Waals surface area contributed by atoms with Crippen LogP contribution in [0.5, 0.6) is 5.75 Å². The fourth-order valence-corrected chi connectivity index (χ4v) is 3.00. The molecular formula is C16H24ClNO. The second kappa shape index (κ2) is 5.72. The van der Waals surface area contributed by atoms with Crippen molar-refractivity contribution in [3.8, 4) is 5.75 Å². The Kier molecular flexibility index (Phi) is 4.42. The second-order valence-corrected chi connectivity index (χ2v) is 6.48. The molecule has 106 valence electrons. The van der Waals surface area contributed by atoms with Crippen LogP contribution in [0.15, 0.2) is 12.1 Å². The highest BCUT2D eigenvalue weighted by Crippen LogP contribution is 2.36. The minimum Gasteiger partial charge on any atom is -0.493 e. The third-order valence-electron chi connectivity index (χ3n) is 4.45. The molecule has 0 spiro atoms. The zero-order chi connectivity index (χ0) is 14.0. The van der Waals surface area contributed by atoms with Gasteiger partial charge in [-0.2, -0.15) is 0 Å². The smallest absolute Gasteiger partial charge is 0.125 e. The van der Waals surface area contributed by atoms with Gasteiger partial charge < -0.3 is 10.1 Å². The zero-order valence-corrected chi connectivity index (χ0v) is 13.1. The van der Waals surface area contributed by atoms with E-state index in [1.54, 1.807) is 0 Å². The quantitative estimate of drug-likeness (QED) is 0.885. The number of fused-ring (bicyclic) bond motifs is 1.